The van der Waals surface area contributed by atoms with Gasteiger partial charge >= 0.3 is 0 Å². The fourth-order valence-corrected chi connectivity index (χ4v) is 1.40. The topological polar surface area (TPSA) is 30.2 Å². The molecule has 3 nitrogen and oxygen atoms in total. The van der Waals surface area contributed by atoms with Crippen molar-refractivity contribution in [1.29, 1.82) is 0 Å². The molecule has 0 fully saturated rings. The molecule has 0 aliphatic rings. The molecule has 1 heterocycles. The van der Waals surface area contributed by atoms with Crippen molar-refractivity contribution in [3.05, 3.63) is 28.2 Å². The van der Waals surface area contributed by atoms with Crippen molar-refractivity contribution in [1.82, 2.24) is 9.78 Å². The van der Waals surface area contributed by atoms with Gasteiger partial charge in [0.1, 0.15) is 0 Å². The first-order valence-corrected chi connectivity index (χ1v) is 4.87. The van der Waals surface area contributed by atoms with Crippen molar-refractivity contribution in [2.24, 2.45) is 4.99 Å². The van der Waals surface area contributed by atoms with E-state index in [2.05, 4.69) is 39.3 Å². The maximum atomic E-state index is 4.10. The highest BCUT2D eigenvalue weighted by Crippen LogP contribution is 2.13. The van der Waals surface area contributed by atoms with Crippen molar-refractivity contribution in [2.75, 3.05) is 0 Å². The Morgan fingerprint density at radius 1 is 1.69 bits per heavy atom. The second-order valence-corrected chi connectivity index (χ2v) is 3.39. The van der Waals surface area contributed by atoms with Gasteiger partial charge in [0.25, 0.3) is 0 Å². The first-order valence-electron chi connectivity index (χ1n) is 3.79. The standard InChI is InChI=1S/C9H10IN3/c1-3-11-6-5-9-8(10)7-12-13(9)4-2/h3-7H,2H2,1H3/b6-5-,11-3?. The minimum Gasteiger partial charge on any atom is -0.269 e. The number of halogens is 1. The summed E-state index contributed by atoms with van der Waals surface area (Å²) < 4.78 is 2.80. The van der Waals surface area contributed by atoms with Crippen molar-refractivity contribution in [2.45, 2.75) is 6.92 Å². The summed E-state index contributed by atoms with van der Waals surface area (Å²) in [6.45, 7) is 5.53. The van der Waals surface area contributed by atoms with Crippen LogP contribution in [-0.2, 0) is 0 Å². The van der Waals surface area contributed by atoms with Gasteiger partial charge in [0.2, 0.25) is 0 Å². The van der Waals surface area contributed by atoms with Crippen molar-refractivity contribution >= 4 is 41.1 Å². The van der Waals surface area contributed by atoms with E-state index in [0.717, 1.165) is 9.26 Å². The van der Waals surface area contributed by atoms with Gasteiger partial charge in [-0.2, -0.15) is 5.10 Å². The second-order valence-electron chi connectivity index (χ2n) is 2.23. The summed E-state index contributed by atoms with van der Waals surface area (Å²) in [6.07, 6.45) is 8.82. The molecule has 0 amide bonds. The van der Waals surface area contributed by atoms with Crippen LogP contribution in [0, 0.1) is 3.57 Å². The molecular weight excluding hydrogens is 277 g/mol. The Kier molecular flexibility index (Phi) is 3.88. The number of rotatable bonds is 3. The summed E-state index contributed by atoms with van der Waals surface area (Å²) in [5.74, 6) is 0. The zero-order valence-electron chi connectivity index (χ0n) is 7.31. The van der Waals surface area contributed by atoms with E-state index in [1.807, 2.05) is 13.0 Å². The number of aliphatic imine (C=N–C) groups is 1. The van der Waals surface area contributed by atoms with Crippen LogP contribution in [0.5, 0.6) is 0 Å². The van der Waals surface area contributed by atoms with E-state index in [1.54, 1.807) is 29.5 Å². The molecule has 1 aromatic heterocycles. The zero-order valence-corrected chi connectivity index (χ0v) is 9.47. The molecule has 0 aliphatic carbocycles. The molecule has 0 N–H and O–H groups in total. The maximum absolute atomic E-state index is 4.10. The summed E-state index contributed by atoms with van der Waals surface area (Å²) >= 11 is 2.22. The summed E-state index contributed by atoms with van der Waals surface area (Å²) in [5.41, 5.74) is 1.00. The van der Waals surface area contributed by atoms with E-state index < -0.39 is 0 Å². The van der Waals surface area contributed by atoms with E-state index >= 15 is 0 Å². The Morgan fingerprint density at radius 2 is 2.46 bits per heavy atom. The summed E-state index contributed by atoms with van der Waals surface area (Å²) in [6, 6.07) is 0. The molecule has 0 spiro atoms. The van der Waals surface area contributed by atoms with E-state index in [1.165, 1.54) is 0 Å². The molecule has 1 rings (SSSR count). The molecule has 68 valence electrons. The lowest BCUT2D eigenvalue weighted by Crippen LogP contribution is -1.90. The van der Waals surface area contributed by atoms with Crippen LogP contribution in [0.15, 0.2) is 24.0 Å². The van der Waals surface area contributed by atoms with Gasteiger partial charge in [-0.05, 0) is 35.6 Å². The van der Waals surface area contributed by atoms with Gasteiger partial charge in [-0.15, -0.1) is 0 Å². The lowest BCUT2D eigenvalue weighted by Gasteiger charge is -1.94. The average molecular weight is 287 g/mol. The molecular formula is C9H10IN3. The second kappa shape index (κ2) is 4.96. The van der Waals surface area contributed by atoms with E-state index in [4.69, 9.17) is 0 Å². The predicted octanol–water partition coefficient (Wildman–Crippen LogP) is 2.65. The molecule has 0 radical (unpaired) electrons. The Balaban J connectivity index is 2.97. The third-order valence-corrected chi connectivity index (χ3v) is 2.26. The Morgan fingerprint density at radius 3 is 3.08 bits per heavy atom. The molecule has 0 aromatic carbocycles. The Bertz CT molecular complexity index is 350. The highest BCUT2D eigenvalue weighted by atomic mass is 127. The van der Waals surface area contributed by atoms with Crippen molar-refractivity contribution in [3.63, 3.8) is 0 Å². The van der Waals surface area contributed by atoms with Gasteiger partial charge in [-0.1, -0.05) is 6.58 Å². The fraction of sp³-hybridized carbons (Fsp3) is 0.111. The minimum absolute atomic E-state index is 1.00. The van der Waals surface area contributed by atoms with Crippen LogP contribution in [0.1, 0.15) is 12.6 Å². The fourth-order valence-electron chi connectivity index (χ4n) is 0.852. The Labute approximate surface area is 91.0 Å². The first-order chi connectivity index (χ1) is 6.29. The monoisotopic (exact) mass is 287 g/mol. The molecule has 0 saturated heterocycles. The zero-order chi connectivity index (χ0) is 9.68. The Hall–Kier alpha value is -0.910. The van der Waals surface area contributed by atoms with E-state index in [0.29, 0.717) is 0 Å². The average Bonchev–Trinajstić information content (AvgIpc) is 2.48. The van der Waals surface area contributed by atoms with Crippen LogP contribution in [0.3, 0.4) is 0 Å². The number of nitrogens with zero attached hydrogens (tertiary/aromatic N) is 3. The highest BCUT2D eigenvalue weighted by molar-refractivity contribution is 14.1. The SMILES string of the molecule is C=Cn1ncc(I)c1/C=C\N=CC. The smallest absolute Gasteiger partial charge is 0.0810 e. The molecule has 13 heavy (non-hydrogen) atoms. The van der Waals surface area contributed by atoms with Crippen LogP contribution in [0.25, 0.3) is 12.3 Å². The maximum Gasteiger partial charge on any atom is 0.0810 e. The molecule has 0 unspecified atom stereocenters. The lowest BCUT2D eigenvalue weighted by molar-refractivity contribution is 0.926. The van der Waals surface area contributed by atoms with Gasteiger partial charge in [-0.25, -0.2) is 4.68 Å². The normalized spacial score (nSPS) is 11.5. The number of hydrogen-bond donors (Lipinski definition) is 0. The van der Waals surface area contributed by atoms with Crippen LogP contribution in [-0.4, -0.2) is 16.0 Å². The largest absolute Gasteiger partial charge is 0.269 e. The minimum atomic E-state index is 1.00. The first kappa shape index (κ1) is 10.2. The third-order valence-electron chi connectivity index (χ3n) is 1.43. The van der Waals surface area contributed by atoms with Crippen molar-refractivity contribution < 1.29 is 0 Å². The van der Waals surface area contributed by atoms with Crippen LogP contribution < -0.4 is 0 Å². The van der Waals surface area contributed by atoms with Gasteiger partial charge in [0, 0.05) is 18.6 Å². The van der Waals surface area contributed by atoms with Crippen LogP contribution in [0.2, 0.25) is 0 Å². The van der Waals surface area contributed by atoms with Gasteiger partial charge in [0.05, 0.1) is 15.5 Å². The highest BCUT2D eigenvalue weighted by Gasteiger charge is 2.01. The van der Waals surface area contributed by atoms with E-state index in [-0.39, 0.29) is 0 Å². The number of aromatic nitrogens is 2. The van der Waals surface area contributed by atoms with Gasteiger partial charge < -0.3 is 0 Å². The molecule has 0 atom stereocenters. The molecule has 0 aliphatic heterocycles. The van der Waals surface area contributed by atoms with Gasteiger partial charge in [-0.3, -0.25) is 4.99 Å². The molecule has 0 bridgehead atoms. The predicted molar refractivity (Wildman–Crippen MR) is 64.5 cm³/mol. The molecule has 4 heteroatoms. The van der Waals surface area contributed by atoms with Crippen LogP contribution in [0.4, 0.5) is 0 Å². The van der Waals surface area contributed by atoms with Crippen LogP contribution >= 0.6 is 22.6 Å². The third kappa shape index (κ3) is 2.51. The summed E-state index contributed by atoms with van der Waals surface area (Å²) in [4.78, 5) is 3.98. The van der Waals surface area contributed by atoms with Crippen molar-refractivity contribution in [3.8, 4) is 0 Å². The van der Waals surface area contributed by atoms with E-state index in [9.17, 15) is 0 Å². The summed E-state index contributed by atoms with van der Waals surface area (Å²) in [7, 11) is 0. The quantitative estimate of drug-likeness (QED) is 0.621. The number of hydrogen-bond acceptors (Lipinski definition) is 2. The molecule has 1 aromatic rings. The molecule has 0 saturated carbocycles. The van der Waals surface area contributed by atoms with Gasteiger partial charge in [0.15, 0.2) is 0 Å². The summed E-state index contributed by atoms with van der Waals surface area (Å²) in [5, 5.41) is 4.10. The lowest BCUT2D eigenvalue weighted by atomic mass is 10.4.